The Balaban J connectivity index is 2.58. The number of hydrogen-bond acceptors (Lipinski definition) is 3. The molecule has 0 heterocycles. The average Bonchev–Trinajstić information content (AvgIpc) is 2.30. The molecule has 7 heteroatoms. The second kappa shape index (κ2) is 6.32. The third kappa shape index (κ3) is 4.13. The summed E-state index contributed by atoms with van der Waals surface area (Å²) in [5, 5.41) is 0.608. The Labute approximate surface area is 108 Å². The molecular formula is C10H10Cl2N2O3. The van der Waals surface area contributed by atoms with Gasteiger partial charge in [-0.05, 0) is 25.1 Å². The lowest BCUT2D eigenvalue weighted by molar-refractivity contribution is 0.0912. The van der Waals surface area contributed by atoms with Gasteiger partial charge in [0, 0.05) is 5.56 Å². The van der Waals surface area contributed by atoms with E-state index in [2.05, 4.69) is 15.6 Å². The van der Waals surface area contributed by atoms with Gasteiger partial charge in [-0.25, -0.2) is 10.2 Å². The van der Waals surface area contributed by atoms with Crippen LogP contribution in [-0.2, 0) is 4.74 Å². The number of rotatable bonds is 2. The molecule has 0 radical (unpaired) electrons. The summed E-state index contributed by atoms with van der Waals surface area (Å²) >= 11 is 11.4. The highest BCUT2D eigenvalue weighted by Gasteiger charge is 2.09. The molecule has 2 N–H and O–H groups in total. The molecule has 0 aliphatic heterocycles. The summed E-state index contributed by atoms with van der Waals surface area (Å²) in [6.07, 6.45) is -0.735. The van der Waals surface area contributed by atoms with Crippen molar-refractivity contribution in [1.82, 2.24) is 10.9 Å². The van der Waals surface area contributed by atoms with E-state index in [9.17, 15) is 9.59 Å². The zero-order chi connectivity index (χ0) is 12.8. The fourth-order valence-electron chi connectivity index (χ4n) is 0.985. The molecule has 0 fully saturated rings. The van der Waals surface area contributed by atoms with E-state index in [4.69, 9.17) is 23.2 Å². The van der Waals surface area contributed by atoms with Crippen LogP contribution in [0.1, 0.15) is 17.3 Å². The largest absolute Gasteiger partial charge is 0.449 e. The van der Waals surface area contributed by atoms with Crippen molar-refractivity contribution in [2.75, 3.05) is 6.61 Å². The first-order chi connectivity index (χ1) is 8.04. The number of ether oxygens (including phenoxy) is 1. The zero-order valence-electron chi connectivity index (χ0n) is 8.92. The van der Waals surface area contributed by atoms with Gasteiger partial charge in [-0.3, -0.25) is 10.2 Å². The van der Waals surface area contributed by atoms with Gasteiger partial charge in [0.25, 0.3) is 5.91 Å². The number of amides is 2. The highest BCUT2D eigenvalue weighted by atomic mass is 35.5. The van der Waals surface area contributed by atoms with E-state index in [1.165, 1.54) is 18.2 Å². The van der Waals surface area contributed by atoms with Crippen LogP contribution < -0.4 is 10.9 Å². The minimum absolute atomic E-state index is 0.217. The van der Waals surface area contributed by atoms with Crippen LogP contribution in [0.15, 0.2) is 18.2 Å². The number of carbonyl (C=O) groups is 2. The predicted molar refractivity (Wildman–Crippen MR) is 64.1 cm³/mol. The molecule has 92 valence electrons. The molecule has 0 bridgehead atoms. The van der Waals surface area contributed by atoms with Gasteiger partial charge in [0.15, 0.2) is 0 Å². The van der Waals surface area contributed by atoms with Crippen molar-refractivity contribution in [2.24, 2.45) is 0 Å². The van der Waals surface area contributed by atoms with Crippen molar-refractivity contribution >= 4 is 35.2 Å². The van der Waals surface area contributed by atoms with E-state index in [0.717, 1.165) is 0 Å². The second-order valence-corrected chi connectivity index (χ2v) is 3.74. The third-order valence-electron chi connectivity index (χ3n) is 1.74. The maximum atomic E-state index is 11.5. The lowest BCUT2D eigenvalue weighted by atomic mass is 10.2. The van der Waals surface area contributed by atoms with Gasteiger partial charge in [0.05, 0.1) is 16.7 Å². The van der Waals surface area contributed by atoms with Crippen LogP contribution in [0.5, 0.6) is 0 Å². The molecule has 0 aliphatic carbocycles. The fourth-order valence-corrected chi connectivity index (χ4v) is 1.28. The molecule has 0 aliphatic rings. The number of carbonyl (C=O) groups excluding carboxylic acids is 2. The number of hydrazine groups is 1. The molecule has 0 saturated carbocycles. The summed E-state index contributed by atoms with van der Waals surface area (Å²) in [6.45, 7) is 1.87. The van der Waals surface area contributed by atoms with E-state index in [1.54, 1.807) is 6.92 Å². The van der Waals surface area contributed by atoms with Crippen LogP contribution in [0, 0.1) is 0 Å². The van der Waals surface area contributed by atoms with E-state index in [1.807, 2.05) is 0 Å². The van der Waals surface area contributed by atoms with Crippen molar-refractivity contribution in [2.45, 2.75) is 6.92 Å². The smallest absolute Gasteiger partial charge is 0.426 e. The average molecular weight is 277 g/mol. The lowest BCUT2D eigenvalue weighted by Gasteiger charge is -2.07. The van der Waals surface area contributed by atoms with Crippen molar-refractivity contribution in [3.63, 3.8) is 0 Å². The summed E-state index contributed by atoms with van der Waals surface area (Å²) in [7, 11) is 0. The number of hydrogen-bond donors (Lipinski definition) is 2. The van der Waals surface area contributed by atoms with Crippen molar-refractivity contribution in [1.29, 1.82) is 0 Å². The molecule has 1 aromatic rings. The third-order valence-corrected chi connectivity index (χ3v) is 2.47. The SMILES string of the molecule is CCOC(=O)NNC(=O)c1ccc(Cl)c(Cl)c1. The summed E-state index contributed by atoms with van der Waals surface area (Å²) < 4.78 is 4.56. The Morgan fingerprint density at radius 3 is 2.53 bits per heavy atom. The van der Waals surface area contributed by atoms with E-state index < -0.39 is 12.0 Å². The monoisotopic (exact) mass is 276 g/mol. The van der Waals surface area contributed by atoms with Gasteiger partial charge < -0.3 is 4.74 Å². The van der Waals surface area contributed by atoms with Gasteiger partial charge in [-0.2, -0.15) is 0 Å². The molecule has 0 spiro atoms. The number of halogens is 2. The maximum Gasteiger partial charge on any atom is 0.426 e. The van der Waals surface area contributed by atoms with Gasteiger partial charge >= 0.3 is 6.09 Å². The fraction of sp³-hybridized carbons (Fsp3) is 0.200. The molecule has 1 rings (SSSR count). The first-order valence-corrected chi connectivity index (χ1v) is 5.48. The first-order valence-electron chi connectivity index (χ1n) is 4.72. The predicted octanol–water partition coefficient (Wildman–Crippen LogP) is 2.38. The van der Waals surface area contributed by atoms with E-state index in [-0.39, 0.29) is 17.2 Å². The Kier molecular flexibility index (Phi) is 5.06. The first kappa shape index (κ1) is 13.6. The van der Waals surface area contributed by atoms with Crippen LogP contribution in [0.2, 0.25) is 10.0 Å². The molecule has 0 atom stereocenters. The minimum atomic E-state index is -0.735. The molecule has 2 amide bonds. The molecule has 0 saturated heterocycles. The highest BCUT2D eigenvalue weighted by molar-refractivity contribution is 6.42. The standard InChI is InChI=1S/C10H10Cl2N2O3/c1-2-17-10(16)14-13-9(15)6-3-4-7(11)8(12)5-6/h3-5H,2H2,1H3,(H,13,15)(H,14,16). The zero-order valence-corrected chi connectivity index (χ0v) is 10.4. The molecule has 0 aromatic heterocycles. The number of nitrogens with one attached hydrogen (secondary N) is 2. The van der Waals surface area contributed by atoms with Crippen molar-refractivity contribution < 1.29 is 14.3 Å². The van der Waals surface area contributed by atoms with Crippen LogP contribution in [-0.4, -0.2) is 18.6 Å². The topological polar surface area (TPSA) is 67.4 Å². The van der Waals surface area contributed by atoms with Gasteiger partial charge in [-0.15, -0.1) is 0 Å². The van der Waals surface area contributed by atoms with Crippen LogP contribution in [0.3, 0.4) is 0 Å². The summed E-state index contributed by atoms with van der Waals surface area (Å²) in [6, 6.07) is 4.37. The number of benzene rings is 1. The maximum absolute atomic E-state index is 11.5. The van der Waals surface area contributed by atoms with Gasteiger partial charge in [0.1, 0.15) is 0 Å². The lowest BCUT2D eigenvalue weighted by Crippen LogP contribution is -2.41. The molecule has 1 aromatic carbocycles. The van der Waals surface area contributed by atoms with Gasteiger partial charge in [-0.1, -0.05) is 23.2 Å². The molecule has 17 heavy (non-hydrogen) atoms. The summed E-state index contributed by atoms with van der Waals surface area (Å²) in [4.78, 5) is 22.4. The van der Waals surface area contributed by atoms with E-state index in [0.29, 0.717) is 5.02 Å². The summed E-state index contributed by atoms with van der Waals surface area (Å²) in [5.74, 6) is -0.517. The second-order valence-electron chi connectivity index (χ2n) is 2.93. The van der Waals surface area contributed by atoms with E-state index >= 15 is 0 Å². The summed E-state index contributed by atoms with van der Waals surface area (Å²) in [5.41, 5.74) is 4.52. The molecule has 5 nitrogen and oxygen atoms in total. The molecular weight excluding hydrogens is 267 g/mol. The van der Waals surface area contributed by atoms with Crippen LogP contribution in [0.25, 0.3) is 0 Å². The normalized spacial score (nSPS) is 9.59. The minimum Gasteiger partial charge on any atom is -0.449 e. The Hall–Kier alpha value is -1.46. The molecule has 0 unspecified atom stereocenters. The van der Waals surface area contributed by atoms with Crippen molar-refractivity contribution in [3.8, 4) is 0 Å². The Morgan fingerprint density at radius 1 is 1.24 bits per heavy atom. The van der Waals surface area contributed by atoms with Crippen molar-refractivity contribution in [3.05, 3.63) is 33.8 Å². The van der Waals surface area contributed by atoms with Crippen LogP contribution >= 0.6 is 23.2 Å². The van der Waals surface area contributed by atoms with Crippen LogP contribution in [0.4, 0.5) is 4.79 Å². The van der Waals surface area contributed by atoms with Gasteiger partial charge in [0.2, 0.25) is 0 Å². The Morgan fingerprint density at radius 2 is 1.94 bits per heavy atom. The Bertz CT molecular complexity index is 438. The quantitative estimate of drug-likeness (QED) is 0.815. The highest BCUT2D eigenvalue weighted by Crippen LogP contribution is 2.22.